The lowest BCUT2D eigenvalue weighted by Gasteiger charge is -2.39. The number of piperazine rings is 1. The first-order valence-electron chi connectivity index (χ1n) is 23.5. The van der Waals surface area contributed by atoms with Crippen LogP contribution in [0.2, 0.25) is 5.02 Å². The van der Waals surface area contributed by atoms with Crippen molar-refractivity contribution in [1.82, 2.24) is 49.5 Å². The van der Waals surface area contributed by atoms with Gasteiger partial charge in [-0.1, -0.05) is 35.9 Å². The third-order valence-corrected chi connectivity index (χ3v) is 14.5. The number of aliphatic carboxylic acids is 1. The fourth-order valence-corrected chi connectivity index (χ4v) is 10.5. The second-order valence-corrected chi connectivity index (χ2v) is 20.1. The van der Waals surface area contributed by atoms with Crippen LogP contribution in [-0.4, -0.2) is 141 Å². The number of rotatable bonds is 11. The molecule has 2 fully saturated rings. The molecule has 6 heterocycles. The molecular formula is C50H55ClF3N11O6S. The second-order valence-electron chi connectivity index (χ2n) is 18.5. The number of amides is 2. The van der Waals surface area contributed by atoms with Crippen molar-refractivity contribution in [3.05, 3.63) is 116 Å². The van der Waals surface area contributed by atoms with Gasteiger partial charge in [-0.05, 0) is 101 Å². The monoisotopic (exact) mass is 1030 g/mol. The highest BCUT2D eigenvalue weighted by molar-refractivity contribution is 7.15. The number of aryl methyl sites for hydroxylation is 2. The number of halogens is 4. The number of aromatic hydroxyl groups is 2. The van der Waals surface area contributed by atoms with Crippen LogP contribution in [0, 0.1) is 26.7 Å². The Kier molecular flexibility index (Phi) is 15.5. The first-order valence-corrected chi connectivity index (χ1v) is 24.7. The van der Waals surface area contributed by atoms with Gasteiger partial charge < -0.3 is 30.4 Å². The van der Waals surface area contributed by atoms with Gasteiger partial charge in [0.05, 0.1) is 17.7 Å². The maximum Gasteiger partial charge on any atom is 0.490 e. The van der Waals surface area contributed by atoms with Crippen LogP contribution in [-0.2, 0) is 16.1 Å². The first kappa shape index (κ1) is 51.7. The molecule has 22 heteroatoms. The third kappa shape index (κ3) is 11.5. The van der Waals surface area contributed by atoms with E-state index in [9.17, 15) is 33.0 Å². The number of thiophene rings is 1. The second kappa shape index (κ2) is 21.6. The zero-order chi connectivity index (χ0) is 51.6. The number of carbonyl (C=O) groups is 3. The fourth-order valence-electron chi connectivity index (χ4n) is 9.18. The van der Waals surface area contributed by atoms with Crippen molar-refractivity contribution in [3.8, 4) is 33.6 Å². The van der Waals surface area contributed by atoms with E-state index in [-0.39, 0.29) is 47.4 Å². The van der Waals surface area contributed by atoms with Gasteiger partial charge in [0, 0.05) is 91.2 Å². The van der Waals surface area contributed by atoms with E-state index >= 15 is 0 Å². The normalized spacial score (nSPS) is 16.6. The Labute approximate surface area is 422 Å². The summed E-state index contributed by atoms with van der Waals surface area (Å²) in [6.45, 7) is 17.1. The average molecular weight is 1030 g/mol. The SMILES string of the molecule is Cc1sc2c(c1C)C(c1ccc(Cl)cc1)=N[C@@H](CC(=O)N1CCC(CN3CCN(Cc4ccc(-n5c(C(=O)NC(C)C)nnc5-c5ccc(O)cc5O)cc4)CC3)CC1)c1nnc(C)n1-2.O=C(O)C(F)(F)F. The molecule has 17 nitrogen and oxygen atoms in total. The average Bonchev–Trinajstić information content (AvgIpc) is 4.00. The van der Waals surface area contributed by atoms with Gasteiger partial charge in [-0.15, -0.1) is 31.7 Å². The van der Waals surface area contributed by atoms with Crippen molar-refractivity contribution in [2.75, 3.05) is 45.8 Å². The van der Waals surface area contributed by atoms with Crippen LogP contribution in [0.4, 0.5) is 13.2 Å². The minimum absolute atomic E-state index is 0.0805. The van der Waals surface area contributed by atoms with E-state index in [0.717, 1.165) is 98.4 Å². The Morgan fingerprint density at radius 3 is 2.12 bits per heavy atom. The van der Waals surface area contributed by atoms with Crippen LogP contribution < -0.4 is 5.32 Å². The summed E-state index contributed by atoms with van der Waals surface area (Å²) in [4.78, 5) is 49.7. The molecule has 0 spiro atoms. The summed E-state index contributed by atoms with van der Waals surface area (Å²) in [5.41, 5.74) is 6.20. The van der Waals surface area contributed by atoms with E-state index in [1.54, 1.807) is 22.0 Å². The Morgan fingerprint density at radius 2 is 1.50 bits per heavy atom. The van der Waals surface area contributed by atoms with Gasteiger partial charge in [-0.2, -0.15) is 13.2 Å². The van der Waals surface area contributed by atoms with Crippen molar-refractivity contribution in [2.24, 2.45) is 10.9 Å². The van der Waals surface area contributed by atoms with Gasteiger partial charge in [0.1, 0.15) is 28.4 Å². The summed E-state index contributed by atoms with van der Waals surface area (Å²) in [5, 5.41) is 49.8. The minimum Gasteiger partial charge on any atom is -0.508 e. The van der Waals surface area contributed by atoms with Gasteiger partial charge in [0.25, 0.3) is 5.91 Å². The van der Waals surface area contributed by atoms with Crippen molar-refractivity contribution in [1.29, 1.82) is 0 Å². The molecule has 0 radical (unpaired) electrons. The van der Waals surface area contributed by atoms with E-state index in [2.05, 4.69) is 66.1 Å². The molecule has 0 unspecified atom stereocenters. The molecular weight excluding hydrogens is 975 g/mol. The summed E-state index contributed by atoms with van der Waals surface area (Å²) in [6, 6.07) is 19.4. The number of benzene rings is 3. The van der Waals surface area contributed by atoms with Crippen LogP contribution in [0.1, 0.15) is 88.6 Å². The molecule has 2 saturated heterocycles. The number of aliphatic imine (C=N–C) groups is 1. The number of piperidine rings is 1. The topological polar surface area (TPSA) is 207 Å². The number of likely N-dealkylation sites (tertiary alicyclic amines) is 1. The van der Waals surface area contributed by atoms with E-state index < -0.39 is 18.2 Å². The third-order valence-electron chi connectivity index (χ3n) is 13.0. The largest absolute Gasteiger partial charge is 0.508 e. The maximum atomic E-state index is 14.1. The van der Waals surface area contributed by atoms with E-state index in [1.165, 1.54) is 22.6 Å². The lowest BCUT2D eigenvalue weighted by Crippen LogP contribution is -2.48. The Morgan fingerprint density at radius 1 is 0.847 bits per heavy atom. The quantitative estimate of drug-likeness (QED) is 0.0986. The van der Waals surface area contributed by atoms with Crippen molar-refractivity contribution < 1.29 is 42.9 Å². The molecule has 3 aliphatic heterocycles. The number of phenols is 2. The predicted octanol–water partition coefficient (Wildman–Crippen LogP) is 7.68. The standard InChI is InChI=1S/C48H54ClN11O4S.C2HF3O2/c1-28(2)50-47(64)46-55-53-44(38-15-14-37(61)24-40(38)62)60(46)36-12-6-32(7-13-36)26-56-20-22-57(23-21-56)27-33-16-18-58(19-17-33)41(63)25-39-45-54-52-31(5)59(45)48-42(29(3)30(4)65-48)43(51-39)34-8-10-35(49)11-9-34;3-2(4,5)1(6)7/h6-15,24,28,33,39,61-62H,16-23,25-27H2,1-5H3,(H,50,64);(H,6,7)/t39-;/m0./s1. The fraction of sp³-hybridized carbons (Fsp3) is 0.400. The number of nitrogens with one attached hydrogen (secondary N) is 1. The summed E-state index contributed by atoms with van der Waals surface area (Å²) in [6.07, 6.45) is -2.93. The molecule has 1 atom stereocenters. The molecule has 3 aromatic heterocycles. The molecule has 3 aromatic carbocycles. The van der Waals surface area contributed by atoms with E-state index in [1.807, 2.05) is 62.1 Å². The molecule has 9 rings (SSSR count). The molecule has 3 aliphatic rings. The van der Waals surface area contributed by atoms with Gasteiger partial charge in [0.15, 0.2) is 11.6 Å². The van der Waals surface area contributed by atoms with Crippen LogP contribution in [0.3, 0.4) is 0 Å². The number of fused-ring (bicyclic) bond motifs is 3. The minimum atomic E-state index is -5.08. The van der Waals surface area contributed by atoms with Gasteiger partial charge in [-0.25, -0.2) is 4.79 Å². The number of alkyl halides is 3. The Balaban J connectivity index is 0.000000923. The first-order chi connectivity index (χ1) is 34.2. The number of carboxylic acid groups (broad SMARTS) is 1. The van der Waals surface area contributed by atoms with Crippen molar-refractivity contribution in [3.63, 3.8) is 0 Å². The van der Waals surface area contributed by atoms with Crippen LogP contribution in [0.25, 0.3) is 22.1 Å². The summed E-state index contributed by atoms with van der Waals surface area (Å²) in [7, 11) is 0. The summed E-state index contributed by atoms with van der Waals surface area (Å²) < 4.78 is 35.5. The number of nitrogens with zero attached hydrogens (tertiary/aromatic N) is 10. The highest BCUT2D eigenvalue weighted by Crippen LogP contribution is 2.40. The lowest BCUT2D eigenvalue weighted by molar-refractivity contribution is -0.192. The maximum absolute atomic E-state index is 14.1. The number of hydrogen-bond donors (Lipinski definition) is 4. The van der Waals surface area contributed by atoms with Gasteiger partial charge in [-0.3, -0.25) is 28.6 Å². The number of phenolic OH excluding ortho intramolecular Hbond substituents is 2. The van der Waals surface area contributed by atoms with Crippen LogP contribution in [0.5, 0.6) is 11.5 Å². The van der Waals surface area contributed by atoms with E-state index in [0.29, 0.717) is 28.0 Å². The zero-order valence-corrected chi connectivity index (χ0v) is 41.9. The lowest BCUT2D eigenvalue weighted by atomic mass is 9.95. The number of hydrogen-bond acceptors (Lipinski definition) is 13. The Hall–Kier alpha value is -6.68. The molecule has 0 saturated carbocycles. The van der Waals surface area contributed by atoms with Crippen LogP contribution >= 0.6 is 22.9 Å². The van der Waals surface area contributed by atoms with E-state index in [4.69, 9.17) is 26.5 Å². The summed E-state index contributed by atoms with van der Waals surface area (Å²) in [5.74, 6) is -0.907. The number of carbonyl (C=O) groups excluding carboxylic acids is 2. The van der Waals surface area contributed by atoms with Crippen LogP contribution in [0.15, 0.2) is 71.7 Å². The van der Waals surface area contributed by atoms with Gasteiger partial charge in [0.2, 0.25) is 11.7 Å². The number of carboxylic acids is 1. The molecule has 72 heavy (non-hydrogen) atoms. The highest BCUT2D eigenvalue weighted by Gasteiger charge is 2.38. The van der Waals surface area contributed by atoms with Gasteiger partial charge >= 0.3 is 12.1 Å². The van der Waals surface area contributed by atoms with Crippen molar-refractivity contribution in [2.45, 2.75) is 78.7 Å². The molecule has 6 aromatic rings. The molecule has 4 N–H and O–H groups in total. The van der Waals surface area contributed by atoms with Crippen molar-refractivity contribution >= 4 is 46.4 Å². The number of aromatic nitrogens is 6. The Bertz CT molecular complexity index is 2980. The summed E-state index contributed by atoms with van der Waals surface area (Å²) >= 11 is 8.01. The smallest absolute Gasteiger partial charge is 0.490 e. The molecule has 0 bridgehead atoms. The molecule has 380 valence electrons. The molecule has 0 aliphatic carbocycles. The zero-order valence-electron chi connectivity index (χ0n) is 40.3. The molecule has 2 amide bonds. The predicted molar refractivity (Wildman–Crippen MR) is 265 cm³/mol. The highest BCUT2D eigenvalue weighted by atomic mass is 35.5.